The van der Waals surface area contributed by atoms with Gasteiger partial charge in [0.2, 0.25) is 5.91 Å². The minimum absolute atomic E-state index is 0.0659. The summed E-state index contributed by atoms with van der Waals surface area (Å²) in [5.74, 6) is -0.550. The molecule has 1 saturated heterocycles. The second kappa shape index (κ2) is 8.95. The number of nitrogens with one attached hydrogen (secondary N) is 4. The van der Waals surface area contributed by atoms with Crippen LogP contribution in [-0.4, -0.2) is 43.8 Å². The molecule has 2 aromatic rings. The van der Waals surface area contributed by atoms with E-state index >= 15 is 0 Å². The Morgan fingerprint density at radius 2 is 1.57 bits per heavy atom. The van der Waals surface area contributed by atoms with E-state index in [0.717, 1.165) is 0 Å². The molecule has 30 heavy (non-hydrogen) atoms. The summed E-state index contributed by atoms with van der Waals surface area (Å²) in [6, 6.07) is 12.1. The zero-order chi connectivity index (χ0) is 21.7. The highest BCUT2D eigenvalue weighted by Gasteiger charge is 2.28. The summed E-state index contributed by atoms with van der Waals surface area (Å²) >= 11 is 0. The van der Waals surface area contributed by atoms with Crippen molar-refractivity contribution in [2.45, 2.75) is 19.4 Å². The van der Waals surface area contributed by atoms with E-state index in [1.54, 1.807) is 42.5 Å². The van der Waals surface area contributed by atoms with Gasteiger partial charge in [0.25, 0.3) is 5.91 Å². The summed E-state index contributed by atoms with van der Waals surface area (Å²) in [6.45, 7) is 1.41. The highest BCUT2D eigenvalue weighted by molar-refractivity contribution is 7.91. The van der Waals surface area contributed by atoms with Crippen molar-refractivity contribution in [2.75, 3.05) is 27.5 Å². The first-order chi connectivity index (χ1) is 14.2. The molecule has 9 nitrogen and oxygen atoms in total. The molecular weight excluding hydrogens is 408 g/mol. The average molecular weight is 430 g/mol. The number of benzene rings is 2. The molecule has 0 aliphatic carbocycles. The molecule has 158 valence electrons. The second-order valence-electron chi connectivity index (χ2n) is 6.99. The maximum atomic E-state index is 12.5. The molecule has 3 rings (SSSR count). The van der Waals surface area contributed by atoms with Crippen LogP contribution in [0.5, 0.6) is 0 Å². The second-order valence-corrected chi connectivity index (χ2v) is 9.22. The number of amides is 4. The summed E-state index contributed by atoms with van der Waals surface area (Å²) in [4.78, 5) is 35.7. The van der Waals surface area contributed by atoms with E-state index in [1.165, 1.54) is 13.0 Å². The van der Waals surface area contributed by atoms with Crippen LogP contribution in [0.4, 0.5) is 21.9 Å². The first-order valence-electron chi connectivity index (χ1n) is 9.27. The molecule has 4 N–H and O–H groups in total. The van der Waals surface area contributed by atoms with E-state index < -0.39 is 21.9 Å². The standard InChI is InChI=1S/C20H22N4O5S/c1-13(25)21-15-5-7-16(8-6-15)22-19(26)14-3-2-4-17(11-14)23-20(27)24-18-9-10-30(28,29)12-18/h2-8,11,18H,9-10,12H2,1H3,(H,21,25)(H,22,26)(H2,23,24,27)/t18-/m1/s1. The number of sulfone groups is 1. The fourth-order valence-corrected chi connectivity index (χ4v) is 4.72. The van der Waals surface area contributed by atoms with Crippen molar-refractivity contribution in [1.29, 1.82) is 0 Å². The molecule has 1 aliphatic rings. The monoisotopic (exact) mass is 430 g/mol. The van der Waals surface area contributed by atoms with Gasteiger partial charge in [-0.2, -0.15) is 0 Å². The lowest BCUT2D eigenvalue weighted by Crippen LogP contribution is -2.38. The Morgan fingerprint density at radius 1 is 0.900 bits per heavy atom. The number of carbonyl (C=O) groups excluding carboxylic acids is 3. The smallest absolute Gasteiger partial charge is 0.319 e. The molecule has 4 amide bonds. The molecule has 0 saturated carbocycles. The Bertz CT molecular complexity index is 1070. The van der Waals surface area contributed by atoms with Gasteiger partial charge in [0.05, 0.1) is 11.5 Å². The first kappa shape index (κ1) is 21.3. The fourth-order valence-electron chi connectivity index (χ4n) is 3.04. The molecule has 0 unspecified atom stereocenters. The molecule has 1 aliphatic heterocycles. The molecule has 0 bridgehead atoms. The van der Waals surface area contributed by atoms with Crippen LogP contribution in [0.15, 0.2) is 48.5 Å². The van der Waals surface area contributed by atoms with Crippen LogP contribution in [0.2, 0.25) is 0 Å². The Morgan fingerprint density at radius 3 is 2.17 bits per heavy atom. The van der Waals surface area contributed by atoms with Crippen LogP contribution in [-0.2, 0) is 14.6 Å². The highest BCUT2D eigenvalue weighted by atomic mass is 32.2. The summed E-state index contributed by atoms with van der Waals surface area (Å²) in [5, 5.41) is 10.6. The Labute approximate surface area is 174 Å². The van der Waals surface area contributed by atoms with E-state index in [9.17, 15) is 22.8 Å². The van der Waals surface area contributed by atoms with Gasteiger partial charge < -0.3 is 21.3 Å². The van der Waals surface area contributed by atoms with Gasteiger partial charge in [0.1, 0.15) is 0 Å². The molecule has 0 aromatic heterocycles. The van der Waals surface area contributed by atoms with Crippen LogP contribution in [0.1, 0.15) is 23.7 Å². The van der Waals surface area contributed by atoms with E-state index in [1.807, 2.05) is 0 Å². The van der Waals surface area contributed by atoms with Gasteiger partial charge in [0, 0.05) is 35.6 Å². The van der Waals surface area contributed by atoms with Crippen molar-refractivity contribution in [1.82, 2.24) is 5.32 Å². The molecular formula is C20H22N4O5S. The van der Waals surface area contributed by atoms with Gasteiger partial charge in [-0.05, 0) is 48.9 Å². The number of rotatable bonds is 5. The van der Waals surface area contributed by atoms with E-state index in [2.05, 4.69) is 21.3 Å². The molecule has 10 heteroatoms. The lowest BCUT2D eigenvalue weighted by molar-refractivity contribution is -0.114. The molecule has 0 spiro atoms. The summed E-state index contributed by atoms with van der Waals surface area (Å²) in [7, 11) is -3.09. The molecule has 1 fully saturated rings. The molecule has 1 heterocycles. The zero-order valence-electron chi connectivity index (χ0n) is 16.3. The minimum atomic E-state index is -3.09. The number of carbonyl (C=O) groups is 3. The maximum absolute atomic E-state index is 12.5. The predicted molar refractivity (Wildman–Crippen MR) is 114 cm³/mol. The third kappa shape index (κ3) is 6.05. The average Bonchev–Trinajstić information content (AvgIpc) is 3.01. The Hall–Kier alpha value is -3.40. The highest BCUT2D eigenvalue weighted by Crippen LogP contribution is 2.17. The van der Waals surface area contributed by atoms with Gasteiger partial charge in [0.15, 0.2) is 9.84 Å². The van der Waals surface area contributed by atoms with E-state index in [0.29, 0.717) is 29.0 Å². The van der Waals surface area contributed by atoms with Crippen LogP contribution in [0.3, 0.4) is 0 Å². The Kier molecular flexibility index (Phi) is 6.36. The fraction of sp³-hybridized carbons (Fsp3) is 0.250. The van der Waals surface area contributed by atoms with Crippen LogP contribution >= 0.6 is 0 Å². The third-order valence-corrected chi connectivity index (χ3v) is 6.18. The molecule has 2 aromatic carbocycles. The molecule has 1 atom stereocenters. The van der Waals surface area contributed by atoms with Crippen molar-refractivity contribution >= 4 is 44.7 Å². The predicted octanol–water partition coefficient (Wildman–Crippen LogP) is 2.21. The maximum Gasteiger partial charge on any atom is 0.319 e. The Balaban J connectivity index is 1.58. The van der Waals surface area contributed by atoms with Crippen molar-refractivity contribution in [3.8, 4) is 0 Å². The number of anilines is 3. The van der Waals surface area contributed by atoms with Gasteiger partial charge in [-0.25, -0.2) is 13.2 Å². The van der Waals surface area contributed by atoms with Crippen LogP contribution in [0.25, 0.3) is 0 Å². The van der Waals surface area contributed by atoms with Gasteiger partial charge in [-0.1, -0.05) is 6.07 Å². The van der Waals surface area contributed by atoms with Gasteiger partial charge in [-0.3, -0.25) is 9.59 Å². The van der Waals surface area contributed by atoms with Gasteiger partial charge in [-0.15, -0.1) is 0 Å². The summed E-state index contributed by atoms with van der Waals surface area (Å²) < 4.78 is 23.0. The van der Waals surface area contributed by atoms with Crippen molar-refractivity contribution in [3.05, 3.63) is 54.1 Å². The van der Waals surface area contributed by atoms with Crippen LogP contribution in [0, 0.1) is 0 Å². The third-order valence-electron chi connectivity index (χ3n) is 4.41. The largest absolute Gasteiger partial charge is 0.334 e. The van der Waals surface area contributed by atoms with Crippen LogP contribution < -0.4 is 21.3 Å². The first-order valence-corrected chi connectivity index (χ1v) is 11.1. The normalized spacial score (nSPS) is 17.0. The van der Waals surface area contributed by atoms with Crippen molar-refractivity contribution in [2.24, 2.45) is 0 Å². The number of hydrogen-bond donors (Lipinski definition) is 4. The SMILES string of the molecule is CC(=O)Nc1ccc(NC(=O)c2cccc(NC(=O)N[C@@H]3CCS(=O)(=O)C3)c2)cc1. The van der Waals surface area contributed by atoms with E-state index in [-0.39, 0.29) is 23.3 Å². The zero-order valence-corrected chi connectivity index (χ0v) is 17.1. The number of urea groups is 1. The molecule has 0 radical (unpaired) electrons. The van der Waals surface area contributed by atoms with Crippen molar-refractivity contribution < 1.29 is 22.8 Å². The van der Waals surface area contributed by atoms with Gasteiger partial charge >= 0.3 is 6.03 Å². The lowest BCUT2D eigenvalue weighted by Gasteiger charge is -2.13. The quantitative estimate of drug-likeness (QED) is 0.577. The minimum Gasteiger partial charge on any atom is -0.334 e. The lowest BCUT2D eigenvalue weighted by atomic mass is 10.1. The summed E-state index contributed by atoms with van der Waals surface area (Å²) in [5.41, 5.74) is 1.91. The van der Waals surface area contributed by atoms with Crippen molar-refractivity contribution in [3.63, 3.8) is 0 Å². The number of hydrogen-bond acceptors (Lipinski definition) is 5. The summed E-state index contributed by atoms with van der Waals surface area (Å²) in [6.07, 6.45) is 0.388. The topological polar surface area (TPSA) is 133 Å². The van der Waals surface area contributed by atoms with E-state index in [4.69, 9.17) is 0 Å².